The predicted octanol–water partition coefficient (Wildman–Crippen LogP) is 1.44. The average molecular weight is 206 g/mol. The molecule has 0 spiro atoms. The highest BCUT2D eigenvalue weighted by atomic mass is 16.5. The van der Waals surface area contributed by atoms with Crippen molar-refractivity contribution in [3.8, 4) is 0 Å². The molecule has 0 unspecified atom stereocenters. The number of ether oxygens (including phenoxy) is 2. The van der Waals surface area contributed by atoms with Gasteiger partial charge in [0.25, 0.3) is 0 Å². The van der Waals surface area contributed by atoms with E-state index in [1.165, 1.54) is 7.11 Å². The molecular formula is C12H14O3. The summed E-state index contributed by atoms with van der Waals surface area (Å²) in [4.78, 5) is 11.7. The molecule has 0 atom stereocenters. The Balaban J connectivity index is 2.38. The summed E-state index contributed by atoms with van der Waals surface area (Å²) in [6, 6.07) is 7.92. The molecule has 1 aromatic rings. The Labute approximate surface area is 89.0 Å². The maximum atomic E-state index is 11.7. The third-order valence-corrected chi connectivity index (χ3v) is 2.84. The van der Waals surface area contributed by atoms with Crippen LogP contribution in [0.5, 0.6) is 0 Å². The topological polar surface area (TPSA) is 35.5 Å². The first-order valence-electron chi connectivity index (χ1n) is 4.92. The fourth-order valence-corrected chi connectivity index (χ4v) is 1.85. The van der Waals surface area contributed by atoms with Crippen LogP contribution < -0.4 is 0 Å². The van der Waals surface area contributed by atoms with Crippen LogP contribution in [0.15, 0.2) is 24.3 Å². The van der Waals surface area contributed by atoms with E-state index in [4.69, 9.17) is 9.47 Å². The molecule has 1 heterocycles. The molecule has 2 rings (SSSR count). The van der Waals surface area contributed by atoms with Gasteiger partial charge in [0.15, 0.2) is 0 Å². The number of hydrogen-bond donors (Lipinski definition) is 0. The average Bonchev–Trinajstić information content (AvgIpc) is 2.16. The molecule has 1 aliphatic heterocycles. The van der Waals surface area contributed by atoms with Crippen molar-refractivity contribution >= 4 is 5.97 Å². The molecular weight excluding hydrogens is 192 g/mol. The van der Waals surface area contributed by atoms with E-state index in [1.54, 1.807) is 0 Å². The fraction of sp³-hybridized carbons (Fsp3) is 0.417. The highest BCUT2D eigenvalue weighted by Crippen LogP contribution is 2.33. The van der Waals surface area contributed by atoms with Gasteiger partial charge in [-0.15, -0.1) is 0 Å². The van der Waals surface area contributed by atoms with Crippen LogP contribution in [0.3, 0.4) is 0 Å². The van der Waals surface area contributed by atoms with Crippen LogP contribution >= 0.6 is 0 Å². The molecule has 3 heteroatoms. The first kappa shape index (κ1) is 10.2. The third kappa shape index (κ3) is 1.53. The minimum atomic E-state index is -0.569. The number of aryl methyl sites for hydroxylation is 1. The van der Waals surface area contributed by atoms with Gasteiger partial charge in [0, 0.05) is 0 Å². The maximum absolute atomic E-state index is 11.7. The molecule has 15 heavy (non-hydrogen) atoms. The van der Waals surface area contributed by atoms with Gasteiger partial charge in [-0.3, -0.25) is 4.79 Å². The zero-order chi connectivity index (χ0) is 10.9. The standard InChI is InChI=1S/C12H14O3/c1-9-4-3-5-10(6-9)12(7-15-8-12)11(13)14-2/h3-6H,7-8H2,1-2H3. The van der Waals surface area contributed by atoms with E-state index in [9.17, 15) is 4.79 Å². The molecule has 0 amide bonds. The number of rotatable bonds is 2. The fourth-order valence-electron chi connectivity index (χ4n) is 1.85. The van der Waals surface area contributed by atoms with Crippen LogP contribution in [0.25, 0.3) is 0 Å². The second-order valence-electron chi connectivity index (χ2n) is 3.94. The smallest absolute Gasteiger partial charge is 0.321 e. The summed E-state index contributed by atoms with van der Waals surface area (Å²) in [6.07, 6.45) is 0. The first-order valence-corrected chi connectivity index (χ1v) is 4.92. The van der Waals surface area contributed by atoms with Crippen molar-refractivity contribution in [2.45, 2.75) is 12.3 Å². The highest BCUT2D eigenvalue weighted by Gasteiger charge is 2.48. The monoisotopic (exact) mass is 206 g/mol. The highest BCUT2D eigenvalue weighted by molar-refractivity contribution is 5.84. The molecule has 1 aliphatic rings. The maximum Gasteiger partial charge on any atom is 0.321 e. The lowest BCUT2D eigenvalue weighted by atomic mass is 9.78. The molecule has 3 nitrogen and oxygen atoms in total. The Kier molecular flexibility index (Phi) is 2.49. The van der Waals surface area contributed by atoms with Crippen LogP contribution in [0.4, 0.5) is 0 Å². The van der Waals surface area contributed by atoms with Crippen molar-refractivity contribution in [3.05, 3.63) is 35.4 Å². The minimum absolute atomic E-state index is 0.209. The lowest BCUT2D eigenvalue weighted by Gasteiger charge is -2.39. The van der Waals surface area contributed by atoms with Gasteiger partial charge in [0.1, 0.15) is 5.41 Å². The molecule has 1 aromatic carbocycles. The van der Waals surface area contributed by atoms with Gasteiger partial charge >= 0.3 is 5.97 Å². The Morgan fingerprint density at radius 1 is 1.47 bits per heavy atom. The summed E-state index contributed by atoms with van der Waals surface area (Å²) < 4.78 is 9.99. The van der Waals surface area contributed by atoms with Crippen molar-refractivity contribution in [3.63, 3.8) is 0 Å². The predicted molar refractivity (Wildman–Crippen MR) is 55.7 cm³/mol. The first-order chi connectivity index (χ1) is 7.19. The van der Waals surface area contributed by atoms with Crippen molar-refractivity contribution in [2.24, 2.45) is 0 Å². The van der Waals surface area contributed by atoms with Gasteiger partial charge in [0.2, 0.25) is 0 Å². The van der Waals surface area contributed by atoms with Gasteiger partial charge in [0.05, 0.1) is 20.3 Å². The van der Waals surface area contributed by atoms with Gasteiger partial charge in [-0.1, -0.05) is 29.8 Å². The van der Waals surface area contributed by atoms with Crippen LogP contribution in [0.2, 0.25) is 0 Å². The van der Waals surface area contributed by atoms with Crippen molar-refractivity contribution < 1.29 is 14.3 Å². The molecule has 0 N–H and O–H groups in total. The van der Waals surface area contributed by atoms with Crippen LogP contribution in [-0.2, 0) is 19.7 Å². The van der Waals surface area contributed by atoms with E-state index < -0.39 is 5.41 Å². The van der Waals surface area contributed by atoms with Crippen LogP contribution in [0, 0.1) is 6.92 Å². The van der Waals surface area contributed by atoms with E-state index in [0.29, 0.717) is 13.2 Å². The van der Waals surface area contributed by atoms with Crippen LogP contribution in [-0.4, -0.2) is 26.3 Å². The quantitative estimate of drug-likeness (QED) is 0.687. The minimum Gasteiger partial charge on any atom is -0.468 e. The summed E-state index contributed by atoms with van der Waals surface area (Å²) in [5, 5.41) is 0. The molecule has 1 fully saturated rings. The number of esters is 1. The van der Waals surface area contributed by atoms with Crippen molar-refractivity contribution in [2.75, 3.05) is 20.3 Å². The van der Waals surface area contributed by atoms with Crippen LogP contribution in [0.1, 0.15) is 11.1 Å². The number of carbonyl (C=O) groups excluding carboxylic acids is 1. The summed E-state index contributed by atoms with van der Waals surface area (Å²) in [5.74, 6) is -0.209. The zero-order valence-electron chi connectivity index (χ0n) is 8.95. The Morgan fingerprint density at radius 3 is 2.67 bits per heavy atom. The third-order valence-electron chi connectivity index (χ3n) is 2.84. The Bertz CT molecular complexity index is 380. The number of carbonyl (C=O) groups is 1. The molecule has 0 saturated carbocycles. The molecule has 0 bridgehead atoms. The van der Waals surface area contributed by atoms with Gasteiger partial charge in [-0.25, -0.2) is 0 Å². The summed E-state index contributed by atoms with van der Waals surface area (Å²) >= 11 is 0. The lowest BCUT2D eigenvalue weighted by molar-refractivity contribution is -0.166. The second-order valence-corrected chi connectivity index (χ2v) is 3.94. The zero-order valence-corrected chi connectivity index (χ0v) is 8.95. The number of benzene rings is 1. The summed E-state index contributed by atoms with van der Waals surface area (Å²) in [6.45, 7) is 2.85. The molecule has 1 saturated heterocycles. The normalized spacial score (nSPS) is 18.0. The van der Waals surface area contributed by atoms with E-state index >= 15 is 0 Å². The molecule has 0 radical (unpaired) electrons. The Morgan fingerprint density at radius 2 is 2.20 bits per heavy atom. The Hall–Kier alpha value is -1.35. The van der Waals surface area contributed by atoms with Crippen molar-refractivity contribution in [1.82, 2.24) is 0 Å². The molecule has 80 valence electrons. The van der Waals surface area contributed by atoms with Gasteiger partial charge in [-0.2, -0.15) is 0 Å². The lowest BCUT2D eigenvalue weighted by Crippen LogP contribution is -2.53. The van der Waals surface area contributed by atoms with Gasteiger partial charge < -0.3 is 9.47 Å². The number of hydrogen-bond acceptors (Lipinski definition) is 3. The SMILES string of the molecule is COC(=O)C1(c2cccc(C)c2)COC1. The van der Waals surface area contributed by atoms with E-state index in [2.05, 4.69) is 0 Å². The van der Waals surface area contributed by atoms with E-state index in [0.717, 1.165) is 11.1 Å². The van der Waals surface area contributed by atoms with Crippen molar-refractivity contribution in [1.29, 1.82) is 0 Å². The molecule has 0 aromatic heterocycles. The second kappa shape index (κ2) is 3.66. The van der Waals surface area contributed by atoms with Gasteiger partial charge in [-0.05, 0) is 12.5 Å². The summed E-state index contributed by atoms with van der Waals surface area (Å²) in [7, 11) is 1.41. The summed E-state index contributed by atoms with van der Waals surface area (Å²) in [5.41, 5.74) is 1.56. The van der Waals surface area contributed by atoms with E-state index in [-0.39, 0.29) is 5.97 Å². The van der Waals surface area contributed by atoms with E-state index in [1.807, 2.05) is 31.2 Å². The molecule has 0 aliphatic carbocycles. The number of methoxy groups -OCH3 is 1. The largest absolute Gasteiger partial charge is 0.468 e.